The molecule has 1 saturated heterocycles. The van der Waals surface area contributed by atoms with Crippen LogP contribution in [0.25, 0.3) is 0 Å². The van der Waals surface area contributed by atoms with Crippen molar-refractivity contribution in [2.45, 2.75) is 33.3 Å². The van der Waals surface area contributed by atoms with Crippen LogP contribution in [0.1, 0.15) is 46.5 Å². The number of hydrogen-bond donors (Lipinski definition) is 0. The van der Waals surface area contributed by atoms with Gasteiger partial charge in [-0.25, -0.2) is 4.79 Å². The van der Waals surface area contributed by atoms with Gasteiger partial charge in [-0.3, -0.25) is 14.4 Å². The summed E-state index contributed by atoms with van der Waals surface area (Å²) in [5.41, 5.74) is 2.47. The summed E-state index contributed by atoms with van der Waals surface area (Å²) in [6, 6.07) is 13.5. The molecule has 31 heavy (non-hydrogen) atoms. The largest absolute Gasteiger partial charge is 0.459 e. The van der Waals surface area contributed by atoms with Crippen molar-refractivity contribution in [2.75, 3.05) is 18.1 Å². The Hall–Kier alpha value is -3.48. The zero-order chi connectivity index (χ0) is 22.5. The third-order valence-electron chi connectivity index (χ3n) is 4.93. The first-order valence-electron chi connectivity index (χ1n) is 10.1. The van der Waals surface area contributed by atoms with Gasteiger partial charge in [0.2, 0.25) is 5.91 Å². The molecule has 162 valence electrons. The number of aryl methyl sites for hydroxylation is 1. The van der Waals surface area contributed by atoms with Crippen molar-refractivity contribution in [3.8, 4) is 0 Å². The third-order valence-corrected chi connectivity index (χ3v) is 4.93. The number of benzene rings is 2. The van der Waals surface area contributed by atoms with Gasteiger partial charge in [0.25, 0.3) is 0 Å². The van der Waals surface area contributed by atoms with Crippen molar-refractivity contribution in [3.63, 3.8) is 0 Å². The summed E-state index contributed by atoms with van der Waals surface area (Å²) in [6.45, 7) is 5.25. The van der Waals surface area contributed by atoms with E-state index in [0.29, 0.717) is 16.8 Å². The van der Waals surface area contributed by atoms with Crippen molar-refractivity contribution >= 4 is 29.3 Å². The Morgan fingerprint density at radius 3 is 2.23 bits per heavy atom. The molecule has 1 aliphatic heterocycles. The van der Waals surface area contributed by atoms with Crippen LogP contribution in [0.2, 0.25) is 0 Å². The van der Waals surface area contributed by atoms with Crippen molar-refractivity contribution in [1.29, 1.82) is 0 Å². The van der Waals surface area contributed by atoms with Crippen LogP contribution in [0.4, 0.5) is 5.69 Å². The molecule has 0 radical (unpaired) electrons. The number of carbonyl (C=O) groups is 4. The summed E-state index contributed by atoms with van der Waals surface area (Å²) in [4.78, 5) is 50.4. The molecule has 7 nitrogen and oxygen atoms in total. The number of anilines is 1. The first kappa shape index (κ1) is 22.2. The SMILES string of the molecule is Cc1ccc(C(=O)COC(=O)C2CC(=O)N(c3ccc(C(=O)OC(C)C)cc3)C2)cc1. The topological polar surface area (TPSA) is 90.0 Å². The van der Waals surface area contributed by atoms with Crippen LogP contribution in [-0.4, -0.2) is 42.9 Å². The van der Waals surface area contributed by atoms with E-state index in [4.69, 9.17) is 9.47 Å². The van der Waals surface area contributed by atoms with Gasteiger partial charge in [0.05, 0.1) is 17.6 Å². The number of esters is 2. The second kappa shape index (κ2) is 9.55. The van der Waals surface area contributed by atoms with Gasteiger partial charge < -0.3 is 14.4 Å². The molecule has 2 aromatic rings. The number of hydrogen-bond acceptors (Lipinski definition) is 6. The molecule has 0 spiro atoms. The highest BCUT2D eigenvalue weighted by atomic mass is 16.5. The van der Waals surface area contributed by atoms with Gasteiger partial charge in [-0.15, -0.1) is 0 Å². The second-order valence-corrected chi connectivity index (χ2v) is 7.80. The highest BCUT2D eigenvalue weighted by Crippen LogP contribution is 2.26. The zero-order valence-electron chi connectivity index (χ0n) is 17.8. The molecule has 1 atom stereocenters. The lowest BCUT2D eigenvalue weighted by atomic mass is 10.1. The van der Waals surface area contributed by atoms with E-state index < -0.39 is 17.9 Å². The van der Waals surface area contributed by atoms with E-state index >= 15 is 0 Å². The monoisotopic (exact) mass is 423 g/mol. The minimum Gasteiger partial charge on any atom is -0.459 e. The molecule has 1 aliphatic rings. The van der Waals surface area contributed by atoms with Crippen LogP contribution in [0, 0.1) is 12.8 Å². The molecule has 0 saturated carbocycles. The number of carbonyl (C=O) groups excluding carboxylic acids is 4. The lowest BCUT2D eigenvalue weighted by Crippen LogP contribution is -2.27. The average Bonchev–Trinajstić information content (AvgIpc) is 3.13. The molecule has 3 rings (SSSR count). The first-order valence-corrected chi connectivity index (χ1v) is 10.1. The predicted octanol–water partition coefficient (Wildman–Crippen LogP) is 3.34. The standard InChI is InChI=1S/C24H25NO6/c1-15(2)31-24(29)18-8-10-20(11-9-18)25-13-19(12-22(25)27)23(28)30-14-21(26)17-6-4-16(3)5-7-17/h4-11,15,19H,12-14H2,1-3H3. The van der Waals surface area contributed by atoms with Crippen molar-refractivity contribution in [1.82, 2.24) is 0 Å². The third kappa shape index (κ3) is 5.57. The molecule has 1 fully saturated rings. The summed E-state index contributed by atoms with van der Waals surface area (Å²) >= 11 is 0. The Labute approximate surface area is 180 Å². The van der Waals surface area contributed by atoms with Gasteiger partial charge in [0.15, 0.2) is 12.4 Å². The van der Waals surface area contributed by atoms with E-state index in [-0.39, 0.29) is 37.4 Å². The van der Waals surface area contributed by atoms with E-state index in [2.05, 4.69) is 0 Å². The number of ketones is 1. The Morgan fingerprint density at radius 1 is 1.00 bits per heavy atom. The number of Topliss-reactive ketones (excluding diaryl/α,β-unsaturated/α-hetero) is 1. The van der Waals surface area contributed by atoms with Gasteiger partial charge in [0, 0.05) is 24.2 Å². The van der Waals surface area contributed by atoms with Crippen molar-refractivity contribution in [3.05, 3.63) is 65.2 Å². The second-order valence-electron chi connectivity index (χ2n) is 7.80. The van der Waals surface area contributed by atoms with Gasteiger partial charge >= 0.3 is 11.9 Å². The molecule has 7 heteroatoms. The molecule has 1 amide bonds. The quantitative estimate of drug-likeness (QED) is 0.501. The molecule has 0 aromatic heterocycles. The number of rotatable bonds is 7. The number of ether oxygens (including phenoxy) is 2. The van der Waals surface area contributed by atoms with Gasteiger partial charge in [-0.05, 0) is 45.0 Å². The Kier molecular flexibility index (Phi) is 6.84. The fourth-order valence-corrected chi connectivity index (χ4v) is 3.25. The molecule has 1 heterocycles. The predicted molar refractivity (Wildman–Crippen MR) is 114 cm³/mol. The van der Waals surface area contributed by atoms with E-state index in [9.17, 15) is 19.2 Å². The maximum atomic E-state index is 12.4. The summed E-state index contributed by atoms with van der Waals surface area (Å²) in [5, 5.41) is 0. The molecule has 2 aromatic carbocycles. The smallest absolute Gasteiger partial charge is 0.338 e. The van der Waals surface area contributed by atoms with Crippen LogP contribution in [0.5, 0.6) is 0 Å². The number of nitrogens with zero attached hydrogens (tertiary/aromatic N) is 1. The van der Waals surface area contributed by atoms with Gasteiger partial charge in [-0.2, -0.15) is 0 Å². The molecular formula is C24H25NO6. The van der Waals surface area contributed by atoms with E-state index in [1.165, 1.54) is 4.90 Å². The number of amides is 1. The maximum absolute atomic E-state index is 12.4. The first-order chi connectivity index (χ1) is 14.7. The van der Waals surface area contributed by atoms with Crippen LogP contribution < -0.4 is 4.90 Å². The van der Waals surface area contributed by atoms with Crippen LogP contribution >= 0.6 is 0 Å². The fourth-order valence-electron chi connectivity index (χ4n) is 3.25. The summed E-state index contributed by atoms with van der Waals surface area (Å²) in [5.74, 6) is -2.17. The summed E-state index contributed by atoms with van der Waals surface area (Å²) < 4.78 is 10.3. The highest BCUT2D eigenvalue weighted by Gasteiger charge is 2.36. The Bertz CT molecular complexity index is 978. The van der Waals surface area contributed by atoms with Gasteiger partial charge in [0.1, 0.15) is 0 Å². The van der Waals surface area contributed by atoms with E-state index in [1.54, 1.807) is 50.2 Å². The minimum atomic E-state index is -0.649. The van der Waals surface area contributed by atoms with Crippen molar-refractivity contribution < 1.29 is 28.7 Å². The summed E-state index contributed by atoms with van der Waals surface area (Å²) in [7, 11) is 0. The maximum Gasteiger partial charge on any atom is 0.338 e. The van der Waals surface area contributed by atoms with Crippen LogP contribution in [0.3, 0.4) is 0 Å². The average molecular weight is 423 g/mol. The Balaban J connectivity index is 1.56. The summed E-state index contributed by atoms with van der Waals surface area (Å²) in [6.07, 6.45) is -0.216. The van der Waals surface area contributed by atoms with Crippen LogP contribution in [-0.2, 0) is 19.1 Å². The van der Waals surface area contributed by atoms with E-state index in [0.717, 1.165) is 5.56 Å². The minimum absolute atomic E-state index is 0.00863. The molecule has 1 unspecified atom stereocenters. The van der Waals surface area contributed by atoms with Crippen LogP contribution in [0.15, 0.2) is 48.5 Å². The lowest BCUT2D eigenvalue weighted by molar-refractivity contribution is -0.147. The fraction of sp³-hybridized carbons (Fsp3) is 0.333. The molecule has 0 N–H and O–H groups in total. The molecule has 0 bridgehead atoms. The van der Waals surface area contributed by atoms with Crippen molar-refractivity contribution in [2.24, 2.45) is 5.92 Å². The lowest BCUT2D eigenvalue weighted by Gasteiger charge is -2.17. The highest BCUT2D eigenvalue weighted by molar-refractivity contribution is 6.01. The molecule has 0 aliphatic carbocycles. The normalized spacial score (nSPS) is 15.8. The zero-order valence-corrected chi connectivity index (χ0v) is 17.8. The molecular weight excluding hydrogens is 398 g/mol. The Morgan fingerprint density at radius 2 is 1.61 bits per heavy atom. The van der Waals surface area contributed by atoms with E-state index in [1.807, 2.05) is 19.1 Å². The van der Waals surface area contributed by atoms with Gasteiger partial charge in [-0.1, -0.05) is 29.8 Å².